The Hall–Kier alpha value is 0.866. The quantitative estimate of drug-likeness (QED) is 0.439. The van der Waals surface area contributed by atoms with E-state index in [1.165, 1.54) is 0 Å². The number of hydrogen-bond acceptors (Lipinski definition) is 3. The number of hydrogen-bond donors (Lipinski definition) is 0. The molecule has 0 amide bonds. The zero-order valence-corrected chi connectivity index (χ0v) is 9.79. The zero-order chi connectivity index (χ0) is 8.12. The summed E-state index contributed by atoms with van der Waals surface area (Å²) in [5.74, 6) is 0. The molecule has 0 aliphatic rings. The van der Waals surface area contributed by atoms with Crippen molar-refractivity contribution in [1.82, 2.24) is 0 Å². The Bertz CT molecular complexity index is 24.3. The molecule has 4 nitrogen and oxygen atoms in total. The van der Waals surface area contributed by atoms with Crippen molar-refractivity contribution in [3.05, 3.63) is 0 Å². The summed E-state index contributed by atoms with van der Waals surface area (Å²) in [5, 5.41) is 26.8. The summed E-state index contributed by atoms with van der Waals surface area (Å²) in [7, 11) is 0. The maximum absolute atomic E-state index is 8.93. The average molecular weight is 237 g/mol. The molecule has 0 saturated heterocycles. The fraction of sp³-hybridized carbons (Fsp3) is 1.00. The second-order valence-electron chi connectivity index (χ2n) is 0.866. The molecule has 0 radical (unpaired) electrons. The van der Waals surface area contributed by atoms with Crippen LogP contribution in [0.2, 0.25) is 0 Å². The van der Waals surface area contributed by atoms with E-state index in [-0.39, 0.29) is 59.1 Å². The van der Waals surface area contributed by atoms with Crippen molar-refractivity contribution in [2.24, 2.45) is 0 Å². The first-order chi connectivity index (χ1) is 4.24. The van der Waals surface area contributed by atoms with E-state index in [0.717, 1.165) is 0 Å². The van der Waals surface area contributed by atoms with Crippen molar-refractivity contribution < 1.29 is 37.3 Å². The molecule has 0 aromatic heterocycles. The van der Waals surface area contributed by atoms with Crippen LogP contribution in [0.25, 0.3) is 0 Å². The van der Waals surface area contributed by atoms with Crippen LogP contribution < -0.4 is 15.3 Å². The van der Waals surface area contributed by atoms with Crippen LogP contribution in [0.3, 0.4) is 0 Å². The first-order valence-corrected chi connectivity index (χ1v) is 2.99. The van der Waals surface area contributed by atoms with Gasteiger partial charge >= 0.3 is 33.9 Å². The minimum absolute atomic E-state index is 0. The Kier molecular flexibility index (Phi) is 300. The minimum atomic E-state index is 0. The molecule has 0 aliphatic carbocycles. The molecule has 6 heteroatoms. The summed E-state index contributed by atoms with van der Waals surface area (Å²) in [5.41, 5.74) is 0. The van der Waals surface area contributed by atoms with E-state index in [1.807, 2.05) is 0 Å². The molecule has 0 atom stereocenters. The molecule has 0 unspecified atom stereocenters. The van der Waals surface area contributed by atoms with E-state index in [9.17, 15) is 0 Å². The molecule has 0 aromatic rings. The second kappa shape index (κ2) is 93.7. The van der Waals surface area contributed by atoms with E-state index < -0.39 is 0 Å². The zero-order valence-electron chi connectivity index (χ0n) is 7.65. The Morgan fingerprint density at radius 1 is 0.750 bits per heavy atom. The van der Waals surface area contributed by atoms with Crippen molar-refractivity contribution in [2.75, 3.05) is 19.8 Å². The molecule has 0 aromatic carbocycles. The standard InChI is InChI=1S/3C2H5O.Al.Ni.O/c3*1-2-3;;;/h3*2H2,1H3;;;/q3*-1;+3;+2;-2. The third kappa shape index (κ3) is 1410. The van der Waals surface area contributed by atoms with Crippen molar-refractivity contribution in [3.63, 3.8) is 0 Å². The van der Waals surface area contributed by atoms with Gasteiger partial charge in [0.15, 0.2) is 0 Å². The van der Waals surface area contributed by atoms with Gasteiger partial charge in [-0.05, 0) is 0 Å². The molecule has 0 N–H and O–H groups in total. The molecule has 0 aliphatic heterocycles. The molecule has 0 saturated carbocycles. The molecule has 0 fully saturated rings. The van der Waals surface area contributed by atoms with Crippen LogP contribution in [0.4, 0.5) is 0 Å². The van der Waals surface area contributed by atoms with Crippen molar-refractivity contribution in [3.8, 4) is 0 Å². The van der Waals surface area contributed by atoms with Crippen LogP contribution >= 0.6 is 0 Å². The third-order valence-corrected chi connectivity index (χ3v) is 0. The smallest absolute Gasteiger partial charge is 2.00 e. The van der Waals surface area contributed by atoms with Gasteiger partial charge in [-0.25, -0.2) is 0 Å². The fourth-order valence-electron chi connectivity index (χ4n) is 0. The van der Waals surface area contributed by atoms with Crippen molar-refractivity contribution in [1.29, 1.82) is 0 Å². The summed E-state index contributed by atoms with van der Waals surface area (Å²) >= 11 is 0. The molecule has 0 bridgehead atoms. The largest absolute Gasteiger partial charge is 3.00 e. The molecule has 12 heavy (non-hydrogen) atoms. The van der Waals surface area contributed by atoms with E-state index in [4.69, 9.17) is 15.3 Å². The first-order valence-electron chi connectivity index (χ1n) is 2.99. The molecule has 0 heterocycles. The summed E-state index contributed by atoms with van der Waals surface area (Å²) in [6.45, 7) is 4.71. The second-order valence-corrected chi connectivity index (χ2v) is 0.866. The predicted octanol–water partition coefficient (Wildman–Crippen LogP) is -2.40. The summed E-state index contributed by atoms with van der Waals surface area (Å²) in [6.07, 6.45) is 0. The predicted molar refractivity (Wildman–Crippen MR) is 38.1 cm³/mol. The average Bonchev–Trinajstić information content (AvgIpc) is 1.70. The molecule has 0 rings (SSSR count). The van der Waals surface area contributed by atoms with Gasteiger partial charge in [-0.3, -0.25) is 0 Å². The van der Waals surface area contributed by atoms with Gasteiger partial charge in [0.1, 0.15) is 0 Å². The van der Waals surface area contributed by atoms with Gasteiger partial charge in [-0.1, -0.05) is 20.8 Å². The first kappa shape index (κ1) is 38.4. The number of rotatable bonds is 0. The van der Waals surface area contributed by atoms with Gasteiger partial charge in [0, 0.05) is 0 Å². The van der Waals surface area contributed by atoms with Crippen LogP contribution in [-0.4, -0.2) is 37.2 Å². The molecular formula is C6H15AlNiO4. The minimum Gasteiger partial charge on any atom is -2.00 e. The maximum atomic E-state index is 8.93. The Morgan fingerprint density at radius 2 is 0.750 bits per heavy atom. The summed E-state index contributed by atoms with van der Waals surface area (Å²) in [6, 6.07) is 0. The van der Waals surface area contributed by atoms with E-state index >= 15 is 0 Å². The SMILES string of the molecule is CC[O-].CC[O-].CC[O-].[Al+3].[Ni+2].[O-2]. The van der Waals surface area contributed by atoms with Crippen LogP contribution in [0.1, 0.15) is 20.8 Å². The van der Waals surface area contributed by atoms with E-state index in [2.05, 4.69) is 0 Å². The summed E-state index contributed by atoms with van der Waals surface area (Å²) < 4.78 is 0. The topological polar surface area (TPSA) is 97.7 Å². The van der Waals surface area contributed by atoms with Gasteiger partial charge in [0.05, 0.1) is 0 Å². The van der Waals surface area contributed by atoms with E-state index in [0.29, 0.717) is 0 Å². The van der Waals surface area contributed by atoms with E-state index in [1.54, 1.807) is 20.8 Å². The molecule has 0 spiro atoms. The van der Waals surface area contributed by atoms with Crippen molar-refractivity contribution >= 4 is 17.4 Å². The van der Waals surface area contributed by atoms with Crippen LogP contribution in [0.15, 0.2) is 0 Å². The Labute approximate surface area is 95.4 Å². The van der Waals surface area contributed by atoms with Gasteiger partial charge in [-0.15, -0.1) is 19.8 Å². The normalized spacial score (nSPS) is 4.50. The monoisotopic (exact) mass is 236 g/mol. The van der Waals surface area contributed by atoms with Gasteiger partial charge in [0.2, 0.25) is 0 Å². The van der Waals surface area contributed by atoms with Gasteiger partial charge in [0.25, 0.3) is 0 Å². The van der Waals surface area contributed by atoms with Crippen LogP contribution in [-0.2, 0) is 22.0 Å². The maximum Gasteiger partial charge on any atom is 3.00 e. The molecular weight excluding hydrogens is 222 g/mol. The van der Waals surface area contributed by atoms with Crippen LogP contribution in [0.5, 0.6) is 0 Å². The van der Waals surface area contributed by atoms with Gasteiger partial charge in [-0.2, -0.15) is 0 Å². The van der Waals surface area contributed by atoms with Crippen molar-refractivity contribution in [2.45, 2.75) is 20.8 Å². The van der Waals surface area contributed by atoms with Crippen LogP contribution in [0, 0.1) is 0 Å². The Morgan fingerprint density at radius 3 is 0.750 bits per heavy atom. The fourth-order valence-corrected chi connectivity index (χ4v) is 0. The molecule has 76 valence electrons. The third-order valence-electron chi connectivity index (χ3n) is 0. The Balaban J connectivity index is -0.00000001000. The summed E-state index contributed by atoms with van der Waals surface area (Å²) in [4.78, 5) is 0. The van der Waals surface area contributed by atoms with Gasteiger partial charge < -0.3 is 20.8 Å².